The van der Waals surface area contributed by atoms with Gasteiger partial charge in [-0.25, -0.2) is 4.98 Å². The zero-order valence-corrected chi connectivity index (χ0v) is 13.1. The van der Waals surface area contributed by atoms with Crippen molar-refractivity contribution in [2.75, 3.05) is 31.5 Å². The van der Waals surface area contributed by atoms with Crippen LogP contribution in [0.5, 0.6) is 0 Å². The van der Waals surface area contributed by atoms with Gasteiger partial charge in [0.1, 0.15) is 5.82 Å². The molecule has 0 aromatic carbocycles. The van der Waals surface area contributed by atoms with E-state index < -0.39 is 0 Å². The molecular formula is C16H26N4O. The van der Waals surface area contributed by atoms with E-state index in [2.05, 4.69) is 34.4 Å². The average Bonchev–Trinajstić information content (AvgIpc) is 2.98. The van der Waals surface area contributed by atoms with Crippen molar-refractivity contribution in [1.82, 2.24) is 15.2 Å². The van der Waals surface area contributed by atoms with E-state index in [1.165, 1.54) is 12.8 Å². The summed E-state index contributed by atoms with van der Waals surface area (Å²) in [5.41, 5.74) is 0.664. The van der Waals surface area contributed by atoms with E-state index in [4.69, 9.17) is 0 Å². The van der Waals surface area contributed by atoms with E-state index in [1.54, 1.807) is 12.3 Å². The molecule has 5 heteroatoms. The Morgan fingerprint density at radius 2 is 2.19 bits per heavy atom. The Bertz CT molecular complexity index is 457. The topological polar surface area (TPSA) is 57.3 Å². The molecule has 1 aromatic heterocycles. The smallest absolute Gasteiger partial charge is 0.251 e. The van der Waals surface area contributed by atoms with Gasteiger partial charge in [-0.05, 0) is 51.4 Å². The Morgan fingerprint density at radius 3 is 2.90 bits per heavy atom. The molecule has 2 heterocycles. The number of nitrogens with one attached hydrogen (secondary N) is 2. The lowest BCUT2D eigenvalue weighted by atomic mass is 10.2. The standard InChI is InChI=1S/C16H26N4O/c1-3-7-17-15-11-14(6-8-18-15)16(21)19-13(2)12-20-9-4-5-10-20/h6,8,11,13H,3-5,7,9-10,12H2,1-2H3,(H,17,18)(H,19,21). The van der Waals surface area contributed by atoms with Gasteiger partial charge in [-0.3, -0.25) is 4.79 Å². The third kappa shape index (κ3) is 5.01. The fourth-order valence-electron chi connectivity index (χ4n) is 2.63. The second-order valence-electron chi connectivity index (χ2n) is 5.74. The van der Waals surface area contributed by atoms with Gasteiger partial charge in [-0.15, -0.1) is 0 Å². The molecule has 1 saturated heterocycles. The number of anilines is 1. The van der Waals surface area contributed by atoms with Gasteiger partial charge in [0.05, 0.1) is 0 Å². The number of nitrogens with zero attached hydrogens (tertiary/aromatic N) is 2. The highest BCUT2D eigenvalue weighted by atomic mass is 16.1. The lowest BCUT2D eigenvalue weighted by molar-refractivity contribution is 0.0932. The van der Waals surface area contributed by atoms with Crippen molar-refractivity contribution in [3.63, 3.8) is 0 Å². The first-order valence-electron chi connectivity index (χ1n) is 7.92. The summed E-state index contributed by atoms with van der Waals surface area (Å²) in [7, 11) is 0. The van der Waals surface area contributed by atoms with Crippen molar-refractivity contribution in [3.05, 3.63) is 23.9 Å². The van der Waals surface area contributed by atoms with Crippen LogP contribution in [0.4, 0.5) is 5.82 Å². The highest BCUT2D eigenvalue weighted by Crippen LogP contribution is 2.09. The van der Waals surface area contributed by atoms with E-state index in [1.807, 2.05) is 6.07 Å². The third-order valence-electron chi connectivity index (χ3n) is 3.69. The van der Waals surface area contributed by atoms with Crippen LogP contribution in [0.3, 0.4) is 0 Å². The zero-order valence-electron chi connectivity index (χ0n) is 13.1. The van der Waals surface area contributed by atoms with Gasteiger partial charge >= 0.3 is 0 Å². The summed E-state index contributed by atoms with van der Waals surface area (Å²) in [6.45, 7) is 8.26. The number of rotatable bonds is 7. The van der Waals surface area contributed by atoms with Crippen LogP contribution < -0.4 is 10.6 Å². The molecule has 1 aliphatic heterocycles. The van der Waals surface area contributed by atoms with Gasteiger partial charge in [0.15, 0.2) is 0 Å². The average molecular weight is 290 g/mol. The summed E-state index contributed by atoms with van der Waals surface area (Å²) < 4.78 is 0. The quantitative estimate of drug-likeness (QED) is 0.807. The van der Waals surface area contributed by atoms with E-state index in [0.29, 0.717) is 5.56 Å². The van der Waals surface area contributed by atoms with Crippen molar-refractivity contribution in [2.24, 2.45) is 0 Å². The lowest BCUT2D eigenvalue weighted by Crippen LogP contribution is -2.41. The summed E-state index contributed by atoms with van der Waals surface area (Å²) in [6, 6.07) is 3.73. The second kappa shape index (κ2) is 7.98. The Hall–Kier alpha value is -1.62. The Morgan fingerprint density at radius 1 is 1.43 bits per heavy atom. The number of amides is 1. The molecule has 2 N–H and O–H groups in total. The normalized spacial score (nSPS) is 16.7. The van der Waals surface area contributed by atoms with E-state index in [0.717, 1.165) is 38.4 Å². The fourth-order valence-corrected chi connectivity index (χ4v) is 2.63. The monoisotopic (exact) mass is 290 g/mol. The molecule has 2 rings (SSSR count). The summed E-state index contributed by atoms with van der Waals surface area (Å²) in [5.74, 6) is 0.736. The minimum Gasteiger partial charge on any atom is -0.370 e. The van der Waals surface area contributed by atoms with Gasteiger partial charge in [0.25, 0.3) is 5.91 Å². The molecule has 0 aliphatic carbocycles. The molecular weight excluding hydrogens is 264 g/mol. The summed E-state index contributed by atoms with van der Waals surface area (Å²) in [6.07, 6.45) is 5.26. The van der Waals surface area contributed by atoms with E-state index in [9.17, 15) is 4.79 Å². The molecule has 1 atom stereocenters. The maximum absolute atomic E-state index is 12.3. The first-order valence-corrected chi connectivity index (χ1v) is 7.92. The van der Waals surface area contributed by atoms with Gasteiger partial charge in [-0.1, -0.05) is 6.92 Å². The van der Waals surface area contributed by atoms with Crippen LogP contribution in [0, 0.1) is 0 Å². The maximum atomic E-state index is 12.3. The molecule has 21 heavy (non-hydrogen) atoms. The molecule has 1 fully saturated rings. The Balaban J connectivity index is 1.86. The molecule has 0 bridgehead atoms. The molecule has 1 unspecified atom stereocenters. The van der Waals surface area contributed by atoms with Crippen LogP contribution in [0.1, 0.15) is 43.5 Å². The van der Waals surface area contributed by atoms with Crippen molar-refractivity contribution >= 4 is 11.7 Å². The van der Waals surface area contributed by atoms with Crippen LogP contribution in [-0.2, 0) is 0 Å². The summed E-state index contributed by atoms with van der Waals surface area (Å²) in [5, 5.41) is 6.27. The molecule has 0 radical (unpaired) electrons. The highest BCUT2D eigenvalue weighted by molar-refractivity contribution is 5.94. The van der Waals surface area contributed by atoms with Crippen LogP contribution in [0.25, 0.3) is 0 Å². The summed E-state index contributed by atoms with van der Waals surface area (Å²) >= 11 is 0. The van der Waals surface area contributed by atoms with Crippen molar-refractivity contribution in [3.8, 4) is 0 Å². The van der Waals surface area contributed by atoms with Crippen molar-refractivity contribution in [1.29, 1.82) is 0 Å². The predicted molar refractivity (Wildman–Crippen MR) is 85.6 cm³/mol. The largest absolute Gasteiger partial charge is 0.370 e. The SMILES string of the molecule is CCCNc1cc(C(=O)NC(C)CN2CCCC2)ccn1. The molecule has 116 valence electrons. The number of hydrogen-bond acceptors (Lipinski definition) is 4. The summed E-state index contributed by atoms with van der Waals surface area (Å²) in [4.78, 5) is 18.9. The second-order valence-corrected chi connectivity index (χ2v) is 5.74. The molecule has 0 saturated carbocycles. The highest BCUT2D eigenvalue weighted by Gasteiger charge is 2.16. The minimum atomic E-state index is -0.0244. The van der Waals surface area contributed by atoms with Gasteiger partial charge in [0.2, 0.25) is 0 Å². The zero-order chi connectivity index (χ0) is 15.1. The van der Waals surface area contributed by atoms with Gasteiger partial charge in [-0.2, -0.15) is 0 Å². The van der Waals surface area contributed by atoms with Gasteiger partial charge in [0, 0.05) is 30.9 Å². The lowest BCUT2D eigenvalue weighted by Gasteiger charge is -2.21. The Labute approximate surface area is 127 Å². The first-order chi connectivity index (χ1) is 10.2. The minimum absolute atomic E-state index is 0.0244. The van der Waals surface area contributed by atoms with E-state index in [-0.39, 0.29) is 11.9 Å². The third-order valence-corrected chi connectivity index (χ3v) is 3.69. The number of carbonyl (C=O) groups is 1. The number of hydrogen-bond donors (Lipinski definition) is 2. The number of carbonyl (C=O) groups excluding carboxylic acids is 1. The molecule has 5 nitrogen and oxygen atoms in total. The molecule has 0 spiro atoms. The number of pyridine rings is 1. The molecule has 1 amide bonds. The maximum Gasteiger partial charge on any atom is 0.251 e. The van der Waals surface area contributed by atoms with Crippen LogP contribution in [-0.4, -0.2) is 48.0 Å². The van der Waals surface area contributed by atoms with Gasteiger partial charge < -0.3 is 15.5 Å². The fraction of sp³-hybridized carbons (Fsp3) is 0.625. The first kappa shape index (κ1) is 15.8. The van der Waals surface area contributed by atoms with Crippen LogP contribution in [0.2, 0.25) is 0 Å². The molecule has 1 aliphatic rings. The van der Waals surface area contributed by atoms with E-state index >= 15 is 0 Å². The predicted octanol–water partition coefficient (Wildman–Crippen LogP) is 2.12. The molecule has 1 aromatic rings. The number of likely N-dealkylation sites (tertiary alicyclic amines) is 1. The van der Waals surface area contributed by atoms with Crippen LogP contribution >= 0.6 is 0 Å². The van der Waals surface area contributed by atoms with Crippen molar-refractivity contribution in [2.45, 2.75) is 39.2 Å². The van der Waals surface area contributed by atoms with Crippen molar-refractivity contribution < 1.29 is 4.79 Å². The van der Waals surface area contributed by atoms with Crippen LogP contribution in [0.15, 0.2) is 18.3 Å². The number of aromatic nitrogens is 1. The Kier molecular flexibility index (Phi) is 5.99.